The number of hydrogen-bond acceptors (Lipinski definition) is 4. The van der Waals surface area contributed by atoms with E-state index in [1.165, 1.54) is 37.2 Å². The summed E-state index contributed by atoms with van der Waals surface area (Å²) in [6, 6.07) is 9.63. The van der Waals surface area contributed by atoms with Gasteiger partial charge in [-0.05, 0) is 50.2 Å². The summed E-state index contributed by atoms with van der Waals surface area (Å²) in [5, 5.41) is 0. The van der Waals surface area contributed by atoms with E-state index < -0.39 is 5.91 Å². The van der Waals surface area contributed by atoms with E-state index in [0.717, 1.165) is 17.1 Å². The molecule has 0 radical (unpaired) electrons. The lowest BCUT2D eigenvalue weighted by Gasteiger charge is -2.25. The zero-order chi connectivity index (χ0) is 14.7. The third kappa shape index (κ3) is 3.49. The highest BCUT2D eigenvalue weighted by Gasteiger charge is 2.13. The molecule has 21 heavy (non-hydrogen) atoms. The first-order valence-electron chi connectivity index (χ1n) is 7.31. The molecule has 1 fully saturated rings. The first kappa shape index (κ1) is 14.2. The lowest BCUT2D eigenvalue weighted by molar-refractivity contribution is 0.0995. The third-order valence-corrected chi connectivity index (χ3v) is 4.84. The van der Waals surface area contributed by atoms with Crippen molar-refractivity contribution in [3.63, 3.8) is 0 Å². The van der Waals surface area contributed by atoms with Crippen LogP contribution in [0.4, 0.5) is 0 Å². The van der Waals surface area contributed by atoms with Gasteiger partial charge in [-0.1, -0.05) is 12.5 Å². The minimum atomic E-state index is -0.484. The summed E-state index contributed by atoms with van der Waals surface area (Å²) in [4.78, 5) is 20.5. The largest absolute Gasteiger partial charge is 0.364 e. The fourth-order valence-electron chi connectivity index (χ4n) is 2.65. The summed E-state index contributed by atoms with van der Waals surface area (Å²) in [5.41, 5.74) is 6.42. The van der Waals surface area contributed by atoms with E-state index in [1.54, 1.807) is 17.4 Å². The van der Waals surface area contributed by atoms with E-state index in [9.17, 15) is 4.79 Å². The molecule has 0 unspecified atom stereocenters. The number of carbonyl (C=O) groups excluding carboxylic acids is 1. The van der Waals surface area contributed by atoms with Crippen molar-refractivity contribution in [3.8, 4) is 10.6 Å². The monoisotopic (exact) mass is 301 g/mol. The molecule has 110 valence electrons. The predicted molar refractivity (Wildman–Crippen MR) is 85.2 cm³/mol. The van der Waals surface area contributed by atoms with Crippen LogP contribution in [0.3, 0.4) is 0 Å². The van der Waals surface area contributed by atoms with Gasteiger partial charge in [0.25, 0.3) is 5.91 Å². The normalized spacial score (nSPS) is 16.0. The van der Waals surface area contributed by atoms with Crippen LogP contribution >= 0.6 is 11.3 Å². The standard InChI is InChI=1S/C16H19N3OS/c17-16(20)14-6-4-5-13(18-14)15-8-7-12(21-15)11-19-9-2-1-3-10-19/h4-8H,1-3,9-11H2,(H2,17,20). The second-order valence-corrected chi connectivity index (χ2v) is 6.54. The van der Waals surface area contributed by atoms with Crippen LogP contribution in [0.15, 0.2) is 30.3 Å². The van der Waals surface area contributed by atoms with Crippen molar-refractivity contribution in [1.82, 2.24) is 9.88 Å². The predicted octanol–water partition coefficient (Wildman–Crippen LogP) is 2.89. The average molecular weight is 301 g/mol. The van der Waals surface area contributed by atoms with E-state index in [4.69, 9.17) is 5.73 Å². The van der Waals surface area contributed by atoms with E-state index in [1.807, 2.05) is 12.1 Å². The van der Waals surface area contributed by atoms with Crippen molar-refractivity contribution in [3.05, 3.63) is 40.9 Å². The van der Waals surface area contributed by atoms with E-state index >= 15 is 0 Å². The molecule has 2 N–H and O–H groups in total. The topological polar surface area (TPSA) is 59.2 Å². The first-order valence-corrected chi connectivity index (χ1v) is 8.12. The number of nitrogens with zero attached hydrogens (tertiary/aromatic N) is 2. The Labute approximate surface area is 128 Å². The molecule has 0 atom stereocenters. The summed E-state index contributed by atoms with van der Waals surface area (Å²) >= 11 is 1.74. The van der Waals surface area contributed by atoms with Crippen molar-refractivity contribution in [2.45, 2.75) is 25.8 Å². The highest BCUT2D eigenvalue weighted by molar-refractivity contribution is 7.15. The maximum Gasteiger partial charge on any atom is 0.267 e. The Balaban J connectivity index is 1.75. The lowest BCUT2D eigenvalue weighted by Crippen LogP contribution is -2.28. The zero-order valence-electron chi connectivity index (χ0n) is 11.9. The SMILES string of the molecule is NC(=O)c1cccc(-c2ccc(CN3CCCCC3)s2)n1. The van der Waals surface area contributed by atoms with Crippen LogP contribution in [-0.2, 0) is 6.54 Å². The summed E-state index contributed by atoms with van der Waals surface area (Å²) in [7, 11) is 0. The smallest absolute Gasteiger partial charge is 0.267 e. The molecular weight excluding hydrogens is 282 g/mol. The Hall–Kier alpha value is -1.72. The molecule has 5 heteroatoms. The molecule has 0 aliphatic carbocycles. The molecule has 4 nitrogen and oxygen atoms in total. The average Bonchev–Trinajstić information content (AvgIpc) is 2.97. The fourth-order valence-corrected chi connectivity index (χ4v) is 3.67. The number of pyridine rings is 1. The minimum absolute atomic E-state index is 0.318. The van der Waals surface area contributed by atoms with Crippen molar-refractivity contribution >= 4 is 17.2 Å². The number of piperidine rings is 1. The number of likely N-dealkylation sites (tertiary alicyclic amines) is 1. The number of hydrogen-bond donors (Lipinski definition) is 1. The van der Waals surface area contributed by atoms with Crippen LogP contribution in [-0.4, -0.2) is 28.9 Å². The number of rotatable bonds is 4. The molecule has 0 bridgehead atoms. The summed E-state index contributed by atoms with van der Waals surface area (Å²) in [6.45, 7) is 3.41. The van der Waals surface area contributed by atoms with Gasteiger partial charge in [0, 0.05) is 11.4 Å². The molecule has 0 spiro atoms. The van der Waals surface area contributed by atoms with Gasteiger partial charge in [0.2, 0.25) is 0 Å². The Morgan fingerprint density at radius 3 is 2.76 bits per heavy atom. The van der Waals surface area contributed by atoms with E-state index in [-0.39, 0.29) is 0 Å². The number of thiophene rings is 1. The summed E-state index contributed by atoms with van der Waals surface area (Å²) < 4.78 is 0. The van der Waals surface area contributed by atoms with Gasteiger partial charge in [-0.2, -0.15) is 0 Å². The second-order valence-electron chi connectivity index (χ2n) is 5.38. The maximum atomic E-state index is 11.2. The number of aromatic nitrogens is 1. The maximum absolute atomic E-state index is 11.2. The van der Waals surface area contributed by atoms with Crippen LogP contribution in [0.1, 0.15) is 34.6 Å². The van der Waals surface area contributed by atoms with Crippen LogP contribution in [0.5, 0.6) is 0 Å². The summed E-state index contributed by atoms with van der Waals surface area (Å²) in [5.74, 6) is -0.484. The molecule has 2 aromatic rings. The highest BCUT2D eigenvalue weighted by Crippen LogP contribution is 2.28. The van der Waals surface area contributed by atoms with Crippen molar-refractivity contribution in [2.75, 3.05) is 13.1 Å². The van der Waals surface area contributed by atoms with Gasteiger partial charge in [-0.3, -0.25) is 9.69 Å². The Bertz CT molecular complexity index is 632. The van der Waals surface area contributed by atoms with E-state index in [0.29, 0.717) is 5.69 Å². The Morgan fingerprint density at radius 1 is 1.19 bits per heavy atom. The second kappa shape index (κ2) is 6.37. The molecule has 2 aromatic heterocycles. The summed E-state index contributed by atoms with van der Waals surface area (Å²) in [6.07, 6.45) is 3.97. The number of primary amides is 1. The molecule has 3 heterocycles. The molecule has 0 aromatic carbocycles. The fraction of sp³-hybridized carbons (Fsp3) is 0.375. The third-order valence-electron chi connectivity index (χ3n) is 3.74. The van der Waals surface area contributed by atoms with Crippen molar-refractivity contribution < 1.29 is 4.79 Å². The van der Waals surface area contributed by atoms with E-state index in [2.05, 4.69) is 22.0 Å². The van der Waals surface area contributed by atoms with Crippen LogP contribution in [0.2, 0.25) is 0 Å². The number of carbonyl (C=O) groups is 1. The van der Waals surface area contributed by atoms with Gasteiger partial charge in [-0.15, -0.1) is 11.3 Å². The van der Waals surface area contributed by atoms with Crippen LogP contribution in [0, 0.1) is 0 Å². The first-order chi connectivity index (χ1) is 10.2. The molecule has 1 aliphatic rings. The quantitative estimate of drug-likeness (QED) is 0.944. The molecule has 1 aliphatic heterocycles. The molecule has 3 rings (SSSR count). The Morgan fingerprint density at radius 2 is 2.00 bits per heavy atom. The van der Waals surface area contributed by atoms with Gasteiger partial charge >= 0.3 is 0 Å². The van der Waals surface area contributed by atoms with Gasteiger partial charge in [0.05, 0.1) is 10.6 Å². The van der Waals surface area contributed by atoms with Crippen molar-refractivity contribution in [1.29, 1.82) is 0 Å². The molecular formula is C16H19N3OS. The number of nitrogens with two attached hydrogens (primary N) is 1. The van der Waals surface area contributed by atoms with Gasteiger partial charge in [0.1, 0.15) is 5.69 Å². The van der Waals surface area contributed by atoms with Crippen LogP contribution < -0.4 is 5.73 Å². The van der Waals surface area contributed by atoms with Gasteiger partial charge in [0.15, 0.2) is 0 Å². The number of amides is 1. The molecule has 1 amide bonds. The van der Waals surface area contributed by atoms with Crippen molar-refractivity contribution in [2.24, 2.45) is 5.73 Å². The molecule has 0 saturated carbocycles. The Kier molecular flexibility index (Phi) is 4.31. The molecule has 1 saturated heterocycles. The minimum Gasteiger partial charge on any atom is -0.364 e. The zero-order valence-corrected chi connectivity index (χ0v) is 12.7. The van der Waals surface area contributed by atoms with Crippen LogP contribution in [0.25, 0.3) is 10.6 Å². The van der Waals surface area contributed by atoms with Gasteiger partial charge in [-0.25, -0.2) is 4.98 Å². The lowest BCUT2D eigenvalue weighted by atomic mass is 10.1. The highest BCUT2D eigenvalue weighted by atomic mass is 32.1. The van der Waals surface area contributed by atoms with Gasteiger partial charge < -0.3 is 5.73 Å².